The maximum Gasteiger partial charge on any atom is 0.294 e. The first-order valence-electron chi connectivity index (χ1n) is 8.54. The second kappa shape index (κ2) is 9.88. The lowest BCUT2D eigenvalue weighted by atomic mass is 10.2. The number of carbonyl (C=O) groups excluding carboxylic acids is 3. The van der Waals surface area contributed by atoms with Crippen LogP contribution < -0.4 is 10.1 Å². The lowest BCUT2D eigenvalue weighted by Gasteiger charge is -2.14. The summed E-state index contributed by atoms with van der Waals surface area (Å²) in [6.07, 6.45) is 1.62. The number of halogens is 3. The number of ether oxygens (including phenoxy) is 1. The van der Waals surface area contributed by atoms with Crippen LogP contribution in [0.25, 0.3) is 6.08 Å². The normalized spacial score (nSPS) is 15.1. The molecule has 3 amide bonds. The number of aryl methyl sites for hydroxylation is 1. The van der Waals surface area contributed by atoms with Gasteiger partial charge >= 0.3 is 0 Å². The Labute approximate surface area is 210 Å². The Balaban J connectivity index is 1.79. The zero-order valence-electron chi connectivity index (χ0n) is 15.8. The first kappa shape index (κ1) is 23.4. The molecule has 0 aliphatic carbocycles. The van der Waals surface area contributed by atoms with Crippen LogP contribution in [0.3, 0.4) is 0 Å². The lowest BCUT2D eigenvalue weighted by molar-refractivity contribution is -0.127. The highest BCUT2D eigenvalue weighted by atomic mass is 127. The van der Waals surface area contributed by atoms with Crippen LogP contribution in [0.4, 0.5) is 10.5 Å². The van der Waals surface area contributed by atoms with E-state index in [1.54, 1.807) is 31.4 Å². The molecule has 1 saturated heterocycles. The van der Waals surface area contributed by atoms with Crippen LogP contribution in [0.5, 0.6) is 5.75 Å². The van der Waals surface area contributed by atoms with E-state index < -0.39 is 17.1 Å². The fourth-order valence-electron chi connectivity index (χ4n) is 2.74. The van der Waals surface area contributed by atoms with E-state index in [1.807, 2.05) is 19.1 Å². The monoisotopic (exact) mass is 668 g/mol. The summed E-state index contributed by atoms with van der Waals surface area (Å²) in [6.45, 7) is 1.44. The number of benzene rings is 2. The molecule has 1 fully saturated rings. The molecule has 1 heterocycles. The second-order valence-corrected chi connectivity index (χ2v) is 10.1. The largest absolute Gasteiger partial charge is 0.495 e. The number of imide groups is 1. The lowest BCUT2D eigenvalue weighted by Crippen LogP contribution is -2.36. The molecule has 30 heavy (non-hydrogen) atoms. The fourth-order valence-corrected chi connectivity index (χ4v) is 5.85. The number of nitrogens with zero attached hydrogens (tertiary/aromatic N) is 1. The van der Waals surface area contributed by atoms with Crippen molar-refractivity contribution >= 4 is 97.4 Å². The molecule has 2 aromatic carbocycles. The third-order valence-corrected chi connectivity index (χ3v) is 6.74. The van der Waals surface area contributed by atoms with Crippen molar-refractivity contribution in [1.29, 1.82) is 0 Å². The summed E-state index contributed by atoms with van der Waals surface area (Å²) in [5, 5.41) is 2.68. The number of hydrogen-bond donors (Lipinski definition) is 1. The number of nitrogens with one attached hydrogen (secondary N) is 1. The van der Waals surface area contributed by atoms with Crippen LogP contribution in [0.2, 0.25) is 5.02 Å². The first-order chi connectivity index (χ1) is 14.2. The van der Waals surface area contributed by atoms with Crippen molar-refractivity contribution in [3.63, 3.8) is 0 Å². The highest BCUT2D eigenvalue weighted by molar-refractivity contribution is 14.1. The maximum atomic E-state index is 12.8. The van der Waals surface area contributed by atoms with Gasteiger partial charge in [0.2, 0.25) is 5.91 Å². The summed E-state index contributed by atoms with van der Waals surface area (Å²) < 4.78 is 7.30. The standard InChI is InChI=1S/C20H15ClI2N2O4S/c1-10-3-4-12(21)7-15(10)24-17(26)9-25-19(27)16(30-20(25)28)6-11-5-13(22)8-14(23)18(11)29-2/h3-8H,9H2,1-2H3,(H,24,26)/b16-6+. The molecular formula is C20H15ClI2N2O4S. The van der Waals surface area contributed by atoms with Crippen LogP contribution in [0.1, 0.15) is 11.1 Å². The van der Waals surface area contributed by atoms with Crippen LogP contribution in [0.15, 0.2) is 35.2 Å². The summed E-state index contributed by atoms with van der Waals surface area (Å²) >= 11 is 11.1. The Bertz CT molecular complexity index is 1090. The molecule has 0 spiro atoms. The number of hydrogen-bond acceptors (Lipinski definition) is 5. The second-order valence-electron chi connectivity index (χ2n) is 6.29. The number of carbonyl (C=O) groups is 3. The van der Waals surface area contributed by atoms with E-state index in [2.05, 4.69) is 50.5 Å². The topological polar surface area (TPSA) is 75.7 Å². The van der Waals surface area contributed by atoms with Gasteiger partial charge in [0, 0.05) is 19.8 Å². The number of methoxy groups -OCH3 is 1. The summed E-state index contributed by atoms with van der Waals surface area (Å²) in [5.41, 5.74) is 2.05. The SMILES string of the molecule is COc1c(I)cc(I)cc1/C=C1/SC(=O)N(CC(=O)Nc2cc(Cl)ccc2C)C1=O. The van der Waals surface area contributed by atoms with Gasteiger partial charge < -0.3 is 10.1 Å². The van der Waals surface area contributed by atoms with Crippen molar-refractivity contribution in [3.8, 4) is 5.75 Å². The Morgan fingerprint density at radius 1 is 1.27 bits per heavy atom. The zero-order chi connectivity index (χ0) is 22.0. The molecule has 1 N–H and O–H groups in total. The number of rotatable bonds is 5. The zero-order valence-corrected chi connectivity index (χ0v) is 21.7. The summed E-state index contributed by atoms with van der Waals surface area (Å²) in [7, 11) is 1.55. The van der Waals surface area contributed by atoms with Crippen LogP contribution in [-0.4, -0.2) is 35.6 Å². The Kier molecular flexibility index (Phi) is 7.69. The van der Waals surface area contributed by atoms with E-state index in [0.29, 0.717) is 22.0 Å². The minimum absolute atomic E-state index is 0.239. The summed E-state index contributed by atoms with van der Waals surface area (Å²) in [5.74, 6) is -0.374. The van der Waals surface area contributed by atoms with Gasteiger partial charge in [-0.1, -0.05) is 17.7 Å². The Morgan fingerprint density at radius 2 is 2.00 bits per heavy atom. The molecule has 0 radical (unpaired) electrons. The van der Waals surface area contributed by atoms with Gasteiger partial charge in [0.1, 0.15) is 12.3 Å². The molecule has 1 aliphatic heterocycles. The fraction of sp³-hybridized carbons (Fsp3) is 0.150. The molecular weight excluding hydrogens is 654 g/mol. The van der Waals surface area contributed by atoms with Gasteiger partial charge in [-0.15, -0.1) is 0 Å². The van der Waals surface area contributed by atoms with E-state index in [-0.39, 0.29) is 11.4 Å². The van der Waals surface area contributed by atoms with Crippen molar-refractivity contribution in [2.45, 2.75) is 6.92 Å². The van der Waals surface area contributed by atoms with Gasteiger partial charge in [-0.05, 0) is 99.8 Å². The van der Waals surface area contributed by atoms with Gasteiger partial charge in [-0.25, -0.2) is 0 Å². The maximum absolute atomic E-state index is 12.8. The highest BCUT2D eigenvalue weighted by Crippen LogP contribution is 2.36. The van der Waals surface area contributed by atoms with Gasteiger partial charge in [-0.2, -0.15) is 0 Å². The van der Waals surface area contributed by atoms with Gasteiger partial charge in [0.15, 0.2) is 0 Å². The quantitative estimate of drug-likeness (QED) is 0.335. The minimum Gasteiger partial charge on any atom is -0.495 e. The average molecular weight is 669 g/mol. The van der Waals surface area contributed by atoms with E-state index in [9.17, 15) is 14.4 Å². The molecule has 0 aromatic heterocycles. The summed E-state index contributed by atoms with van der Waals surface area (Å²) in [6, 6.07) is 8.92. The Hall–Kier alpha value is -1.31. The molecule has 6 nitrogen and oxygen atoms in total. The molecule has 0 atom stereocenters. The van der Waals surface area contributed by atoms with Crippen molar-refractivity contribution < 1.29 is 19.1 Å². The van der Waals surface area contributed by atoms with Crippen molar-refractivity contribution in [3.05, 3.63) is 58.5 Å². The minimum atomic E-state index is -0.515. The molecule has 10 heteroatoms. The summed E-state index contributed by atoms with van der Waals surface area (Å²) in [4.78, 5) is 38.7. The number of amides is 3. The highest BCUT2D eigenvalue weighted by Gasteiger charge is 2.36. The van der Waals surface area contributed by atoms with Crippen LogP contribution in [-0.2, 0) is 9.59 Å². The molecule has 1 aliphatic rings. The third-order valence-electron chi connectivity index (χ3n) is 4.18. The molecule has 0 bridgehead atoms. The van der Waals surface area contributed by atoms with Crippen molar-refractivity contribution in [2.75, 3.05) is 19.0 Å². The predicted molar refractivity (Wildman–Crippen MR) is 136 cm³/mol. The van der Waals surface area contributed by atoms with Gasteiger partial charge in [0.25, 0.3) is 11.1 Å². The van der Waals surface area contributed by atoms with Crippen LogP contribution in [0, 0.1) is 14.1 Å². The first-order valence-corrected chi connectivity index (χ1v) is 11.9. The molecule has 2 aromatic rings. The van der Waals surface area contributed by atoms with E-state index >= 15 is 0 Å². The smallest absolute Gasteiger partial charge is 0.294 e. The number of anilines is 1. The molecule has 0 saturated carbocycles. The predicted octanol–water partition coefficient (Wildman–Crippen LogP) is 5.54. The van der Waals surface area contributed by atoms with Crippen LogP contribution >= 0.6 is 68.5 Å². The van der Waals surface area contributed by atoms with Crippen molar-refractivity contribution in [2.24, 2.45) is 0 Å². The van der Waals surface area contributed by atoms with E-state index in [1.165, 1.54) is 0 Å². The average Bonchev–Trinajstić information content (AvgIpc) is 2.92. The third kappa shape index (κ3) is 5.29. The van der Waals surface area contributed by atoms with E-state index in [0.717, 1.165) is 29.4 Å². The molecule has 3 rings (SSSR count). The van der Waals surface area contributed by atoms with Crippen molar-refractivity contribution in [1.82, 2.24) is 4.90 Å². The Morgan fingerprint density at radius 3 is 2.70 bits per heavy atom. The van der Waals surface area contributed by atoms with Gasteiger partial charge in [-0.3, -0.25) is 19.3 Å². The molecule has 156 valence electrons. The van der Waals surface area contributed by atoms with E-state index in [4.69, 9.17) is 16.3 Å². The molecule has 0 unspecified atom stereocenters. The number of thioether (sulfide) groups is 1. The van der Waals surface area contributed by atoms with Gasteiger partial charge in [0.05, 0.1) is 15.6 Å².